The van der Waals surface area contributed by atoms with Gasteiger partial charge in [-0.1, -0.05) is 32.0 Å². The summed E-state index contributed by atoms with van der Waals surface area (Å²) in [5.41, 5.74) is 9.92. The van der Waals surface area contributed by atoms with Crippen LogP contribution in [0, 0.1) is 5.41 Å². The molecule has 4 nitrogen and oxygen atoms in total. The summed E-state index contributed by atoms with van der Waals surface area (Å²) in [4.78, 5) is 4.47. The molecule has 0 spiro atoms. The van der Waals surface area contributed by atoms with E-state index in [1.165, 1.54) is 24.0 Å². The zero-order valence-electron chi connectivity index (χ0n) is 12.3. The molecule has 106 valence electrons. The molecule has 1 aromatic heterocycles. The standard InChI is InChI=1S/C16H21N3O/c1-16(2,3)13(17)14-18-15(20-19-14)12-8-7-10-5-4-6-11(10)9-12/h7-9,13H,4-6,17H2,1-3H3. The number of nitrogens with two attached hydrogens (primary N) is 1. The Hall–Kier alpha value is -1.68. The van der Waals surface area contributed by atoms with Gasteiger partial charge in [0.2, 0.25) is 0 Å². The molecular formula is C16H21N3O. The van der Waals surface area contributed by atoms with E-state index in [-0.39, 0.29) is 11.5 Å². The molecule has 2 N–H and O–H groups in total. The molecule has 0 saturated heterocycles. The van der Waals surface area contributed by atoms with Gasteiger partial charge < -0.3 is 10.3 Å². The SMILES string of the molecule is CC(C)(C)C(N)c1noc(-c2ccc3c(c2)CCC3)n1. The highest BCUT2D eigenvalue weighted by Gasteiger charge is 2.27. The first-order chi connectivity index (χ1) is 9.45. The van der Waals surface area contributed by atoms with E-state index in [0.29, 0.717) is 11.7 Å². The molecule has 1 unspecified atom stereocenters. The Morgan fingerprint density at radius 2 is 1.95 bits per heavy atom. The molecule has 1 atom stereocenters. The monoisotopic (exact) mass is 271 g/mol. The Kier molecular flexibility index (Phi) is 3.13. The predicted molar refractivity (Wildman–Crippen MR) is 78.1 cm³/mol. The van der Waals surface area contributed by atoms with Crippen LogP contribution in [0.2, 0.25) is 0 Å². The lowest BCUT2D eigenvalue weighted by Crippen LogP contribution is -2.27. The van der Waals surface area contributed by atoms with Crippen LogP contribution in [0.25, 0.3) is 11.5 Å². The topological polar surface area (TPSA) is 64.9 Å². The summed E-state index contributed by atoms with van der Waals surface area (Å²) < 4.78 is 5.39. The van der Waals surface area contributed by atoms with Crippen LogP contribution in [0.5, 0.6) is 0 Å². The first-order valence-corrected chi connectivity index (χ1v) is 7.16. The zero-order valence-corrected chi connectivity index (χ0v) is 12.3. The average molecular weight is 271 g/mol. The third kappa shape index (κ3) is 2.36. The number of hydrogen-bond donors (Lipinski definition) is 1. The van der Waals surface area contributed by atoms with Crippen molar-refractivity contribution in [2.24, 2.45) is 11.1 Å². The molecule has 1 aliphatic carbocycles. The number of rotatable bonds is 2. The fourth-order valence-corrected chi connectivity index (χ4v) is 2.57. The molecule has 0 fully saturated rings. The minimum absolute atomic E-state index is 0.0842. The van der Waals surface area contributed by atoms with Crippen molar-refractivity contribution in [3.05, 3.63) is 35.2 Å². The Bertz CT molecular complexity index is 625. The predicted octanol–water partition coefficient (Wildman–Crippen LogP) is 3.27. The van der Waals surface area contributed by atoms with Crippen molar-refractivity contribution in [3.63, 3.8) is 0 Å². The van der Waals surface area contributed by atoms with Gasteiger partial charge in [-0.15, -0.1) is 0 Å². The smallest absolute Gasteiger partial charge is 0.257 e. The van der Waals surface area contributed by atoms with Crippen LogP contribution in [-0.2, 0) is 12.8 Å². The highest BCUT2D eigenvalue weighted by Crippen LogP contribution is 2.31. The molecule has 20 heavy (non-hydrogen) atoms. The second-order valence-electron chi connectivity index (χ2n) is 6.64. The van der Waals surface area contributed by atoms with Gasteiger partial charge in [0.25, 0.3) is 5.89 Å². The summed E-state index contributed by atoms with van der Waals surface area (Å²) >= 11 is 0. The normalized spacial score (nSPS) is 16.2. The zero-order chi connectivity index (χ0) is 14.3. The van der Waals surface area contributed by atoms with Crippen molar-refractivity contribution in [2.75, 3.05) is 0 Å². The first kappa shape index (κ1) is 13.3. The third-order valence-electron chi connectivity index (χ3n) is 4.00. The number of aromatic nitrogens is 2. The van der Waals surface area contributed by atoms with Gasteiger partial charge in [0, 0.05) is 5.56 Å². The molecule has 0 bridgehead atoms. The fourth-order valence-electron chi connectivity index (χ4n) is 2.57. The summed E-state index contributed by atoms with van der Waals surface area (Å²) in [7, 11) is 0. The second-order valence-corrected chi connectivity index (χ2v) is 6.64. The number of aryl methyl sites for hydroxylation is 2. The van der Waals surface area contributed by atoms with Crippen LogP contribution in [-0.4, -0.2) is 10.1 Å². The molecule has 0 aliphatic heterocycles. The molecule has 0 radical (unpaired) electrons. The van der Waals surface area contributed by atoms with Gasteiger partial charge in [0.15, 0.2) is 5.82 Å². The van der Waals surface area contributed by atoms with Crippen molar-refractivity contribution in [3.8, 4) is 11.5 Å². The molecule has 4 heteroatoms. The minimum atomic E-state index is -0.227. The lowest BCUT2D eigenvalue weighted by Gasteiger charge is -2.23. The number of nitrogens with zero attached hydrogens (tertiary/aromatic N) is 2. The van der Waals surface area contributed by atoms with E-state index < -0.39 is 0 Å². The highest BCUT2D eigenvalue weighted by molar-refractivity contribution is 5.56. The molecule has 0 saturated carbocycles. The quantitative estimate of drug-likeness (QED) is 0.910. The van der Waals surface area contributed by atoms with Crippen LogP contribution in [0.15, 0.2) is 22.7 Å². The largest absolute Gasteiger partial charge is 0.334 e. The van der Waals surface area contributed by atoms with E-state index in [9.17, 15) is 0 Å². The van der Waals surface area contributed by atoms with Crippen LogP contribution < -0.4 is 5.73 Å². The van der Waals surface area contributed by atoms with E-state index in [0.717, 1.165) is 12.0 Å². The van der Waals surface area contributed by atoms with Gasteiger partial charge in [-0.25, -0.2) is 0 Å². The van der Waals surface area contributed by atoms with Crippen molar-refractivity contribution >= 4 is 0 Å². The lowest BCUT2D eigenvalue weighted by molar-refractivity contribution is 0.303. The summed E-state index contributed by atoms with van der Waals surface area (Å²) in [5.74, 6) is 1.14. The molecule has 0 amide bonds. The van der Waals surface area contributed by atoms with Crippen LogP contribution >= 0.6 is 0 Å². The number of hydrogen-bond acceptors (Lipinski definition) is 4. The Morgan fingerprint density at radius 3 is 2.70 bits per heavy atom. The average Bonchev–Trinajstić information content (AvgIpc) is 3.04. The molecule has 1 aliphatic rings. The summed E-state index contributed by atoms with van der Waals surface area (Å²) in [6, 6.07) is 6.17. The maximum Gasteiger partial charge on any atom is 0.257 e. The lowest BCUT2D eigenvalue weighted by atomic mass is 9.87. The van der Waals surface area contributed by atoms with Crippen molar-refractivity contribution in [1.29, 1.82) is 0 Å². The van der Waals surface area contributed by atoms with E-state index in [4.69, 9.17) is 10.3 Å². The van der Waals surface area contributed by atoms with E-state index in [2.05, 4.69) is 49.1 Å². The number of fused-ring (bicyclic) bond motifs is 1. The van der Waals surface area contributed by atoms with Gasteiger partial charge in [-0.2, -0.15) is 4.98 Å². The van der Waals surface area contributed by atoms with Gasteiger partial charge in [-0.05, 0) is 47.9 Å². The van der Waals surface area contributed by atoms with Gasteiger partial charge in [-0.3, -0.25) is 0 Å². The van der Waals surface area contributed by atoms with Crippen molar-refractivity contribution in [2.45, 2.75) is 46.1 Å². The Labute approximate surface area is 119 Å². The molecule has 2 aromatic rings. The Balaban J connectivity index is 1.90. The number of benzene rings is 1. The highest BCUT2D eigenvalue weighted by atomic mass is 16.5. The van der Waals surface area contributed by atoms with Gasteiger partial charge >= 0.3 is 0 Å². The van der Waals surface area contributed by atoms with Crippen molar-refractivity contribution in [1.82, 2.24) is 10.1 Å². The van der Waals surface area contributed by atoms with Crippen LogP contribution in [0.3, 0.4) is 0 Å². The maximum absolute atomic E-state index is 6.17. The van der Waals surface area contributed by atoms with E-state index >= 15 is 0 Å². The molecule has 1 aromatic carbocycles. The summed E-state index contributed by atoms with van der Waals surface area (Å²) in [6.45, 7) is 6.22. The fraction of sp³-hybridized carbons (Fsp3) is 0.500. The van der Waals surface area contributed by atoms with Crippen LogP contribution in [0.4, 0.5) is 0 Å². The third-order valence-corrected chi connectivity index (χ3v) is 4.00. The molecular weight excluding hydrogens is 250 g/mol. The van der Waals surface area contributed by atoms with Gasteiger partial charge in [0.1, 0.15) is 0 Å². The molecule has 3 rings (SSSR count). The van der Waals surface area contributed by atoms with Crippen molar-refractivity contribution < 1.29 is 4.52 Å². The van der Waals surface area contributed by atoms with Crippen LogP contribution in [0.1, 0.15) is 50.2 Å². The van der Waals surface area contributed by atoms with Gasteiger partial charge in [0.05, 0.1) is 6.04 Å². The Morgan fingerprint density at radius 1 is 1.20 bits per heavy atom. The first-order valence-electron chi connectivity index (χ1n) is 7.16. The maximum atomic E-state index is 6.17. The second kappa shape index (κ2) is 4.70. The van der Waals surface area contributed by atoms with E-state index in [1.54, 1.807) is 0 Å². The summed E-state index contributed by atoms with van der Waals surface area (Å²) in [5, 5.41) is 4.04. The minimum Gasteiger partial charge on any atom is -0.334 e. The molecule has 1 heterocycles. The summed E-state index contributed by atoms with van der Waals surface area (Å²) in [6.07, 6.45) is 3.56. The van der Waals surface area contributed by atoms with E-state index in [1.807, 2.05) is 0 Å².